The maximum atomic E-state index is 14.1. The highest BCUT2D eigenvalue weighted by Crippen LogP contribution is 2.76. The van der Waals surface area contributed by atoms with Gasteiger partial charge in [-0.15, -0.1) is 0 Å². The Balaban J connectivity index is 1.30. The highest BCUT2D eigenvalue weighted by atomic mass is 16.9. The van der Waals surface area contributed by atoms with Gasteiger partial charge >= 0.3 is 23.9 Å². The molecule has 0 aromatic heterocycles. The molecular weight excluding hydrogens is 760 g/mol. The van der Waals surface area contributed by atoms with Gasteiger partial charge in [-0.1, -0.05) is 82.5 Å². The lowest BCUT2D eigenvalue weighted by molar-refractivity contribution is -0.459. The van der Waals surface area contributed by atoms with E-state index >= 15 is 0 Å². The highest BCUT2D eigenvalue weighted by Gasteiger charge is 2.91. The fraction of sp³-hybridized carbons (Fsp3) is 0.630. The number of epoxide rings is 1. The monoisotopic (exact) mass is 816 g/mol. The molecule has 4 saturated heterocycles. The fourth-order valence-corrected chi connectivity index (χ4v) is 12.7. The Labute approximate surface area is 344 Å². The molecule has 4 aliphatic heterocycles. The Kier molecular flexibility index (Phi) is 9.98. The number of hydrogen-bond donors (Lipinski definition) is 3. The lowest BCUT2D eigenvalue weighted by Gasteiger charge is -2.62. The van der Waals surface area contributed by atoms with Crippen LogP contribution in [0.4, 0.5) is 0 Å². The Bertz CT molecular complexity index is 1980. The average molecular weight is 817 g/mol. The number of rotatable bonds is 8. The second-order valence-electron chi connectivity index (χ2n) is 18.4. The van der Waals surface area contributed by atoms with Crippen LogP contribution in [-0.4, -0.2) is 105 Å². The lowest BCUT2D eigenvalue weighted by Crippen LogP contribution is -2.75. The van der Waals surface area contributed by atoms with Crippen LogP contribution in [-0.2, 0) is 38.0 Å². The summed E-state index contributed by atoms with van der Waals surface area (Å²) >= 11 is 0. The van der Waals surface area contributed by atoms with E-state index in [1.54, 1.807) is 60.7 Å². The second kappa shape index (κ2) is 14.5. The van der Waals surface area contributed by atoms with Gasteiger partial charge in [-0.3, -0.25) is 4.79 Å². The molecular formula is C46H56O13. The van der Waals surface area contributed by atoms with Gasteiger partial charge in [0.2, 0.25) is 0 Å². The van der Waals surface area contributed by atoms with Gasteiger partial charge < -0.3 is 48.5 Å². The topological polar surface area (TPSA) is 180 Å². The fourth-order valence-electron chi connectivity index (χ4n) is 12.7. The predicted molar refractivity (Wildman–Crippen MR) is 208 cm³/mol. The lowest BCUT2D eigenvalue weighted by atomic mass is 9.51. The summed E-state index contributed by atoms with van der Waals surface area (Å²) in [5.74, 6) is -7.71. The van der Waals surface area contributed by atoms with Crippen molar-refractivity contribution in [3.05, 3.63) is 83.9 Å². The number of fused-ring (bicyclic) bond motifs is 1. The van der Waals surface area contributed by atoms with Crippen LogP contribution in [0.5, 0.6) is 0 Å². The minimum atomic E-state index is -2.31. The molecule has 13 nitrogen and oxygen atoms in total. The van der Waals surface area contributed by atoms with E-state index in [9.17, 15) is 29.7 Å². The average Bonchev–Trinajstić information content (AvgIpc) is 3.86. The van der Waals surface area contributed by atoms with Crippen LogP contribution in [0.15, 0.2) is 72.8 Å². The van der Waals surface area contributed by atoms with Crippen molar-refractivity contribution in [1.82, 2.24) is 0 Å². The summed E-state index contributed by atoms with van der Waals surface area (Å²) in [6, 6.07) is 17.1. The number of aliphatic hydroxyl groups is 3. The number of ether oxygens (including phenoxy) is 7. The van der Waals surface area contributed by atoms with Crippen LogP contribution >= 0.6 is 0 Å². The molecule has 9 rings (SSSR count). The largest absolute Gasteiger partial charge is 0.462 e. The van der Waals surface area contributed by atoms with Gasteiger partial charge in [0.25, 0.3) is 0 Å². The smallest absolute Gasteiger partial charge is 0.338 e. The molecule has 13 heteroatoms. The number of aliphatic hydroxyl groups excluding tert-OH is 2. The summed E-state index contributed by atoms with van der Waals surface area (Å²) in [5, 5.41) is 38.2. The number of hydrogen-bond acceptors (Lipinski definition) is 13. The van der Waals surface area contributed by atoms with E-state index in [-0.39, 0.29) is 24.5 Å². The SMILES string of the molecule is C=C(C)[C@]12C[C@@H](COC(=O)c3ccccc3)[C@@]34OC5(O[C@@H]1[C@@H]3[C@@H]1O[C@]1(CO)[C@@H](O)[C@@]1(O)[C@H]4[C@H]([C@H](C)[C@@H]1OC(=O)c1ccccc1)[C@H](C)CCCCCC[C@H]5OC(C)=O)O2. The zero-order valence-electron chi connectivity index (χ0n) is 34.1. The Hall–Kier alpha value is -3.69. The molecule has 2 spiro atoms. The van der Waals surface area contributed by atoms with Gasteiger partial charge in [0.05, 0.1) is 29.9 Å². The van der Waals surface area contributed by atoms with Crippen molar-refractivity contribution in [2.45, 2.75) is 132 Å². The zero-order valence-corrected chi connectivity index (χ0v) is 34.1. The van der Waals surface area contributed by atoms with Crippen molar-refractivity contribution >= 4 is 17.9 Å². The Morgan fingerprint density at radius 1 is 0.847 bits per heavy atom. The van der Waals surface area contributed by atoms with Crippen molar-refractivity contribution in [2.75, 3.05) is 13.2 Å². The quantitative estimate of drug-likeness (QED) is 0.142. The Morgan fingerprint density at radius 3 is 2.12 bits per heavy atom. The summed E-state index contributed by atoms with van der Waals surface area (Å²) in [7, 11) is 0. The molecule has 7 fully saturated rings. The van der Waals surface area contributed by atoms with Gasteiger partial charge in [0, 0.05) is 24.7 Å². The molecule has 3 bridgehead atoms. The minimum absolute atomic E-state index is 0.115. The summed E-state index contributed by atoms with van der Waals surface area (Å²) in [4.78, 5) is 40.9. The minimum Gasteiger partial charge on any atom is -0.462 e. The molecule has 3 saturated carbocycles. The normalized spacial score (nSPS) is 45.4. The van der Waals surface area contributed by atoms with Crippen molar-refractivity contribution in [3.8, 4) is 0 Å². The number of esters is 3. The zero-order chi connectivity index (χ0) is 41.7. The van der Waals surface area contributed by atoms with E-state index in [1.165, 1.54) is 6.92 Å². The first-order valence-electron chi connectivity index (χ1n) is 21.3. The van der Waals surface area contributed by atoms with Crippen LogP contribution in [0.3, 0.4) is 0 Å². The first-order valence-corrected chi connectivity index (χ1v) is 21.3. The van der Waals surface area contributed by atoms with E-state index < -0.39 is 113 Å². The third-order valence-corrected chi connectivity index (χ3v) is 15.2. The Morgan fingerprint density at radius 2 is 1.49 bits per heavy atom. The maximum Gasteiger partial charge on any atom is 0.338 e. The molecule has 16 atom stereocenters. The van der Waals surface area contributed by atoms with Crippen LogP contribution in [0.25, 0.3) is 0 Å². The van der Waals surface area contributed by atoms with Gasteiger partial charge in [-0.2, -0.15) is 0 Å². The van der Waals surface area contributed by atoms with E-state index in [0.29, 0.717) is 24.0 Å². The third kappa shape index (κ3) is 5.78. The van der Waals surface area contributed by atoms with E-state index in [1.807, 2.05) is 13.8 Å². The van der Waals surface area contributed by atoms with Crippen molar-refractivity contribution in [1.29, 1.82) is 0 Å². The third-order valence-electron chi connectivity index (χ3n) is 15.2. The molecule has 2 aromatic carbocycles. The van der Waals surface area contributed by atoms with E-state index in [2.05, 4.69) is 13.5 Å². The number of carbonyl (C=O) groups is 3. The molecule has 7 aliphatic rings. The van der Waals surface area contributed by atoms with Crippen LogP contribution in [0.1, 0.15) is 93.4 Å². The number of benzene rings is 2. The summed E-state index contributed by atoms with van der Waals surface area (Å²) in [5.41, 5.74) is -5.79. The van der Waals surface area contributed by atoms with Crippen molar-refractivity contribution in [3.63, 3.8) is 0 Å². The molecule has 1 unspecified atom stereocenters. The molecule has 4 heterocycles. The molecule has 59 heavy (non-hydrogen) atoms. The molecule has 3 N–H and O–H groups in total. The highest BCUT2D eigenvalue weighted by molar-refractivity contribution is 5.90. The predicted octanol–water partition coefficient (Wildman–Crippen LogP) is 4.90. The molecule has 0 amide bonds. The molecule has 2 aromatic rings. The number of carbonyl (C=O) groups excluding carboxylic acids is 3. The van der Waals surface area contributed by atoms with Crippen LogP contribution in [0, 0.1) is 35.5 Å². The van der Waals surface area contributed by atoms with Gasteiger partial charge in [0.15, 0.2) is 6.10 Å². The van der Waals surface area contributed by atoms with E-state index in [0.717, 1.165) is 25.7 Å². The van der Waals surface area contributed by atoms with Gasteiger partial charge in [-0.25, -0.2) is 9.59 Å². The first kappa shape index (κ1) is 40.7. The summed E-state index contributed by atoms with van der Waals surface area (Å²) < 4.78 is 47.1. The standard InChI is InChI=1S/C46H56O13/c1-25(2)42-22-31(23-53-39(49)29-17-11-8-12-18-29)45-34-37(42)57-46(58-42,59-45)32(54-28(5)48)21-15-7-6-10-16-26(3)33-27(4)36(55-40(50)30-19-13-9-14-20-30)44(52,35(33)45)41(51)43(24-47)38(34)56-43/h8-9,11-14,17-20,26-27,31-38,41,47,51-52H,1,6-7,10,15-16,21-24H2,2-5H3/t26-,27+,31+,32-,33+,34-,35-,36+,37-,38+,41-,42-,43+,44-,45-,46?/m1/s1. The van der Waals surface area contributed by atoms with Gasteiger partial charge in [0.1, 0.15) is 41.2 Å². The molecule has 0 radical (unpaired) electrons. The van der Waals surface area contributed by atoms with Crippen LogP contribution in [0.2, 0.25) is 0 Å². The maximum absolute atomic E-state index is 14.1. The molecule has 318 valence electrons. The second-order valence-corrected chi connectivity index (χ2v) is 18.4. The first-order chi connectivity index (χ1) is 28.2. The summed E-state index contributed by atoms with van der Waals surface area (Å²) in [6.45, 7) is 10.7. The van der Waals surface area contributed by atoms with Crippen LogP contribution < -0.4 is 0 Å². The molecule has 3 aliphatic carbocycles. The van der Waals surface area contributed by atoms with Gasteiger partial charge in [-0.05, 0) is 73.8 Å². The van der Waals surface area contributed by atoms with Crippen molar-refractivity contribution < 1.29 is 62.9 Å². The summed E-state index contributed by atoms with van der Waals surface area (Å²) in [6.07, 6.45) is -1.57. The van der Waals surface area contributed by atoms with E-state index in [4.69, 9.17) is 33.2 Å². The van der Waals surface area contributed by atoms with Crippen molar-refractivity contribution in [2.24, 2.45) is 35.5 Å².